The van der Waals surface area contributed by atoms with Crippen LogP contribution in [0.3, 0.4) is 0 Å². The lowest BCUT2D eigenvalue weighted by molar-refractivity contribution is -0.120. The minimum atomic E-state index is -0.361. The molecule has 0 spiro atoms. The molecule has 7 heteroatoms. The molecule has 30 heavy (non-hydrogen) atoms. The number of hydrogen-bond acceptors (Lipinski definition) is 5. The highest BCUT2D eigenvalue weighted by Crippen LogP contribution is 2.36. The van der Waals surface area contributed by atoms with Gasteiger partial charge in [-0.3, -0.25) is 14.2 Å². The van der Waals surface area contributed by atoms with E-state index in [-0.39, 0.29) is 22.8 Å². The van der Waals surface area contributed by atoms with E-state index in [4.69, 9.17) is 4.98 Å². The summed E-state index contributed by atoms with van der Waals surface area (Å²) >= 11 is 2.98. The largest absolute Gasteiger partial charge is 0.353 e. The fourth-order valence-corrected chi connectivity index (χ4v) is 6.22. The van der Waals surface area contributed by atoms with Crippen LogP contribution in [-0.4, -0.2) is 26.8 Å². The molecule has 1 aliphatic rings. The maximum Gasteiger partial charge on any atom is 0.267 e. The quantitative estimate of drug-likeness (QED) is 0.466. The average Bonchev–Trinajstić information content (AvgIpc) is 3.23. The summed E-state index contributed by atoms with van der Waals surface area (Å²) in [5.74, 6) is -0.0507. The smallest absolute Gasteiger partial charge is 0.267 e. The molecule has 0 bridgehead atoms. The Bertz CT molecular complexity index is 1190. The number of benzene rings is 1. The van der Waals surface area contributed by atoms with E-state index in [1.165, 1.54) is 22.2 Å². The van der Waals surface area contributed by atoms with Crippen molar-refractivity contribution in [2.75, 3.05) is 0 Å². The average molecular weight is 442 g/mol. The molecule has 1 N–H and O–H groups in total. The van der Waals surface area contributed by atoms with Crippen molar-refractivity contribution in [2.24, 2.45) is 0 Å². The lowest BCUT2D eigenvalue weighted by Crippen LogP contribution is -2.36. The van der Waals surface area contributed by atoms with Gasteiger partial charge in [-0.25, -0.2) is 4.98 Å². The Morgan fingerprint density at radius 3 is 2.70 bits per heavy atom. The van der Waals surface area contributed by atoms with Crippen LogP contribution in [0.25, 0.3) is 15.9 Å². The van der Waals surface area contributed by atoms with Gasteiger partial charge in [0.05, 0.1) is 16.3 Å². The molecule has 0 fully saturated rings. The van der Waals surface area contributed by atoms with Crippen molar-refractivity contribution >= 4 is 39.2 Å². The molecule has 0 saturated carbocycles. The van der Waals surface area contributed by atoms with E-state index >= 15 is 0 Å². The van der Waals surface area contributed by atoms with E-state index in [0.717, 1.165) is 46.3 Å². The van der Waals surface area contributed by atoms with Gasteiger partial charge in [-0.05, 0) is 71.1 Å². The number of thioether (sulfide) groups is 1. The second-order valence-corrected chi connectivity index (χ2v) is 10.7. The third-order valence-electron chi connectivity index (χ3n) is 5.38. The first-order valence-electron chi connectivity index (χ1n) is 10.4. The summed E-state index contributed by atoms with van der Waals surface area (Å²) in [4.78, 5) is 33.3. The van der Waals surface area contributed by atoms with Gasteiger partial charge in [0.1, 0.15) is 4.83 Å². The summed E-state index contributed by atoms with van der Waals surface area (Å²) in [5, 5.41) is 3.93. The first kappa shape index (κ1) is 21.1. The third-order valence-corrected chi connectivity index (χ3v) is 7.62. The number of fused-ring (bicyclic) bond motifs is 3. The molecule has 1 atom stereocenters. The number of aryl methyl sites for hydroxylation is 4. The van der Waals surface area contributed by atoms with E-state index in [1.54, 1.807) is 15.9 Å². The van der Waals surface area contributed by atoms with Crippen LogP contribution in [-0.2, 0) is 17.6 Å². The molecule has 2 aromatic heterocycles. The van der Waals surface area contributed by atoms with Crippen LogP contribution in [0.4, 0.5) is 0 Å². The van der Waals surface area contributed by atoms with Crippen molar-refractivity contribution in [3.63, 3.8) is 0 Å². The highest BCUT2D eigenvalue weighted by Gasteiger charge is 2.26. The van der Waals surface area contributed by atoms with Gasteiger partial charge >= 0.3 is 0 Å². The second-order valence-electron chi connectivity index (χ2n) is 8.29. The lowest BCUT2D eigenvalue weighted by Gasteiger charge is -2.18. The first-order chi connectivity index (χ1) is 14.3. The van der Waals surface area contributed by atoms with Crippen molar-refractivity contribution < 1.29 is 4.79 Å². The van der Waals surface area contributed by atoms with Gasteiger partial charge in [0.25, 0.3) is 5.56 Å². The molecular formula is C23H27N3O2S2. The Balaban J connectivity index is 1.90. The van der Waals surface area contributed by atoms with Crippen LogP contribution in [0.2, 0.25) is 0 Å². The molecule has 2 heterocycles. The number of thiophene rings is 1. The number of hydrogen-bond donors (Lipinski definition) is 1. The minimum absolute atomic E-state index is 0.0229. The number of nitrogens with zero attached hydrogens (tertiary/aromatic N) is 2. The maximum atomic E-state index is 13.8. The number of carbonyl (C=O) groups is 1. The summed E-state index contributed by atoms with van der Waals surface area (Å²) in [7, 11) is 0. The number of aromatic nitrogens is 2. The van der Waals surface area contributed by atoms with Crippen LogP contribution in [0, 0.1) is 13.8 Å². The predicted octanol–water partition coefficient (Wildman–Crippen LogP) is 4.56. The van der Waals surface area contributed by atoms with Gasteiger partial charge in [0, 0.05) is 10.9 Å². The van der Waals surface area contributed by atoms with Crippen molar-refractivity contribution in [3.05, 3.63) is 50.1 Å². The zero-order valence-corrected chi connectivity index (χ0v) is 19.7. The number of carbonyl (C=O) groups excluding carboxylic acids is 1. The number of nitrogens with one attached hydrogen (secondary N) is 1. The fraction of sp³-hybridized carbons (Fsp3) is 0.435. The fourth-order valence-electron chi connectivity index (χ4n) is 3.99. The van der Waals surface area contributed by atoms with Crippen molar-refractivity contribution in [1.29, 1.82) is 0 Å². The zero-order valence-electron chi connectivity index (χ0n) is 18.0. The summed E-state index contributed by atoms with van der Waals surface area (Å²) < 4.78 is 1.71. The van der Waals surface area contributed by atoms with Crippen molar-refractivity contribution in [3.8, 4) is 5.69 Å². The molecule has 3 aromatic rings. The number of rotatable bonds is 5. The third kappa shape index (κ3) is 3.81. The van der Waals surface area contributed by atoms with Gasteiger partial charge in [-0.15, -0.1) is 11.3 Å². The molecule has 158 valence electrons. The highest BCUT2D eigenvalue weighted by molar-refractivity contribution is 8.00. The van der Waals surface area contributed by atoms with Crippen LogP contribution >= 0.6 is 23.1 Å². The van der Waals surface area contributed by atoms with Crippen LogP contribution < -0.4 is 10.9 Å². The molecule has 5 nitrogen and oxygen atoms in total. The zero-order chi connectivity index (χ0) is 21.6. The lowest BCUT2D eigenvalue weighted by atomic mass is 10.1. The monoisotopic (exact) mass is 441 g/mol. The molecule has 1 aromatic carbocycles. The van der Waals surface area contributed by atoms with E-state index in [9.17, 15) is 9.59 Å². The SMILES string of the molecule is Cc1ccc(-n2c(SC(C)C(=O)NC(C)C)nc3sc4c(c3c2=O)CCC4)c(C)c1. The molecular weight excluding hydrogens is 414 g/mol. The molecule has 1 aliphatic carbocycles. The molecule has 0 aliphatic heterocycles. The van der Waals surface area contributed by atoms with E-state index in [0.29, 0.717) is 5.16 Å². The van der Waals surface area contributed by atoms with Crippen molar-refractivity contribution in [2.45, 2.75) is 70.3 Å². The first-order valence-corrected chi connectivity index (χ1v) is 12.1. The summed E-state index contributed by atoms with van der Waals surface area (Å²) in [6, 6.07) is 6.14. The Kier molecular flexibility index (Phi) is 5.77. The predicted molar refractivity (Wildman–Crippen MR) is 125 cm³/mol. The standard InChI is InChI=1S/C23H27N3O2S2/c1-12(2)24-20(27)15(5)29-23-25-21-19(16-7-6-8-18(16)30-21)22(28)26(23)17-10-9-13(3)11-14(17)4/h9-12,15H,6-8H2,1-5H3,(H,24,27). The minimum Gasteiger partial charge on any atom is -0.353 e. The molecule has 1 unspecified atom stereocenters. The normalized spacial score (nSPS) is 14.3. The van der Waals surface area contributed by atoms with E-state index in [1.807, 2.05) is 46.8 Å². The maximum absolute atomic E-state index is 13.8. The van der Waals surface area contributed by atoms with Crippen LogP contribution in [0.1, 0.15) is 48.8 Å². The topological polar surface area (TPSA) is 64.0 Å². The van der Waals surface area contributed by atoms with Gasteiger partial charge in [0.15, 0.2) is 5.16 Å². The molecule has 1 amide bonds. The Labute approximate surface area is 184 Å². The molecule has 0 radical (unpaired) electrons. The Morgan fingerprint density at radius 1 is 1.23 bits per heavy atom. The molecule has 4 rings (SSSR count). The number of amides is 1. The van der Waals surface area contributed by atoms with Gasteiger partial charge in [0.2, 0.25) is 5.91 Å². The van der Waals surface area contributed by atoms with Gasteiger partial charge in [-0.2, -0.15) is 0 Å². The summed E-state index contributed by atoms with van der Waals surface area (Å²) in [6.45, 7) is 9.80. The highest BCUT2D eigenvalue weighted by atomic mass is 32.2. The van der Waals surface area contributed by atoms with Crippen molar-refractivity contribution in [1.82, 2.24) is 14.9 Å². The van der Waals surface area contributed by atoms with E-state index in [2.05, 4.69) is 11.4 Å². The Morgan fingerprint density at radius 2 is 2.00 bits per heavy atom. The second kappa shape index (κ2) is 8.19. The van der Waals surface area contributed by atoms with Gasteiger partial charge in [-0.1, -0.05) is 29.5 Å². The summed E-state index contributed by atoms with van der Waals surface area (Å²) in [5.41, 5.74) is 4.15. The van der Waals surface area contributed by atoms with Crippen LogP contribution in [0.15, 0.2) is 28.2 Å². The molecule has 0 saturated heterocycles. The summed E-state index contributed by atoms with van der Waals surface area (Å²) in [6.07, 6.45) is 3.07. The van der Waals surface area contributed by atoms with Crippen LogP contribution in [0.5, 0.6) is 0 Å². The van der Waals surface area contributed by atoms with Gasteiger partial charge < -0.3 is 5.32 Å². The Hall–Kier alpha value is -2.12. The van der Waals surface area contributed by atoms with E-state index < -0.39 is 0 Å².